The van der Waals surface area contributed by atoms with E-state index in [2.05, 4.69) is 5.32 Å². The topological polar surface area (TPSA) is 104 Å². The van der Waals surface area contributed by atoms with Gasteiger partial charge in [0.2, 0.25) is 15.9 Å². The maximum absolute atomic E-state index is 12.5. The van der Waals surface area contributed by atoms with Gasteiger partial charge in [-0.2, -0.15) is 0 Å². The summed E-state index contributed by atoms with van der Waals surface area (Å²) < 4.78 is 25.3. The summed E-state index contributed by atoms with van der Waals surface area (Å²) in [5, 5.41) is 11.9. The molecule has 0 bridgehead atoms. The second kappa shape index (κ2) is 8.44. The Hall–Kier alpha value is -1.93. The Balaban J connectivity index is 2.02. The minimum atomic E-state index is -3.34. The lowest BCUT2D eigenvalue weighted by molar-refractivity contribution is -0.142. The van der Waals surface area contributed by atoms with Crippen molar-refractivity contribution in [1.29, 1.82) is 0 Å². The van der Waals surface area contributed by atoms with E-state index in [1.165, 1.54) is 4.31 Å². The lowest BCUT2D eigenvalue weighted by atomic mass is 9.97. The third kappa shape index (κ3) is 5.27. The fraction of sp³-hybridized carbons (Fsp3) is 0.529. The molecule has 2 rings (SSSR count). The summed E-state index contributed by atoms with van der Waals surface area (Å²) in [4.78, 5) is 23.9. The molecule has 0 aromatic heterocycles. The van der Waals surface area contributed by atoms with Crippen LogP contribution in [-0.4, -0.2) is 54.6 Å². The Morgan fingerprint density at radius 3 is 2.60 bits per heavy atom. The summed E-state index contributed by atoms with van der Waals surface area (Å²) in [6.45, 7) is 2.09. The lowest BCUT2D eigenvalue weighted by Crippen LogP contribution is -2.50. The van der Waals surface area contributed by atoms with Crippen LogP contribution in [0.5, 0.6) is 0 Å². The number of nitrogens with one attached hydrogen (secondary N) is 1. The van der Waals surface area contributed by atoms with Gasteiger partial charge in [-0.3, -0.25) is 4.79 Å². The van der Waals surface area contributed by atoms with Crippen LogP contribution in [0.2, 0.25) is 0 Å². The molecule has 0 spiro atoms. The first kappa shape index (κ1) is 19.4. The number of aliphatic carboxylic acids is 1. The van der Waals surface area contributed by atoms with E-state index in [0.717, 1.165) is 5.56 Å². The third-order valence-electron chi connectivity index (χ3n) is 4.41. The van der Waals surface area contributed by atoms with Gasteiger partial charge in [-0.1, -0.05) is 30.3 Å². The highest BCUT2D eigenvalue weighted by atomic mass is 32.2. The van der Waals surface area contributed by atoms with Gasteiger partial charge < -0.3 is 10.4 Å². The van der Waals surface area contributed by atoms with Crippen molar-refractivity contribution in [2.75, 3.05) is 18.8 Å². The Kier molecular flexibility index (Phi) is 6.55. The van der Waals surface area contributed by atoms with E-state index in [-0.39, 0.29) is 18.7 Å². The first-order chi connectivity index (χ1) is 11.8. The largest absolute Gasteiger partial charge is 0.480 e. The number of rotatable bonds is 7. The molecular weight excluding hydrogens is 344 g/mol. The number of piperidine rings is 1. The van der Waals surface area contributed by atoms with Crippen LogP contribution in [0.25, 0.3) is 0 Å². The van der Waals surface area contributed by atoms with Crippen molar-refractivity contribution in [3.63, 3.8) is 0 Å². The molecule has 1 aliphatic rings. The van der Waals surface area contributed by atoms with Gasteiger partial charge in [0.1, 0.15) is 6.04 Å². The predicted octanol–water partition coefficient (Wildman–Crippen LogP) is 0.860. The number of sulfonamides is 1. The van der Waals surface area contributed by atoms with E-state index >= 15 is 0 Å². The van der Waals surface area contributed by atoms with Gasteiger partial charge in [-0.05, 0) is 25.3 Å². The van der Waals surface area contributed by atoms with Gasteiger partial charge >= 0.3 is 5.97 Å². The molecule has 0 radical (unpaired) electrons. The number of carbonyl (C=O) groups excluding carboxylic acids is 1. The SMILES string of the molecule is CCS(=O)(=O)N1CCCC(C(=O)N[C@@H](Cc2ccccc2)C(=O)O)C1. The molecule has 2 atom stereocenters. The minimum absolute atomic E-state index is 0.00685. The van der Waals surface area contributed by atoms with Crippen LogP contribution in [0.1, 0.15) is 25.3 Å². The highest BCUT2D eigenvalue weighted by molar-refractivity contribution is 7.89. The third-order valence-corrected chi connectivity index (χ3v) is 6.26. The monoisotopic (exact) mass is 368 g/mol. The fourth-order valence-corrected chi connectivity index (χ4v) is 4.11. The molecular formula is C17H24N2O5S. The van der Waals surface area contributed by atoms with Crippen molar-refractivity contribution in [2.24, 2.45) is 5.92 Å². The second-order valence-electron chi connectivity index (χ2n) is 6.19. The molecule has 25 heavy (non-hydrogen) atoms. The minimum Gasteiger partial charge on any atom is -0.480 e. The first-order valence-electron chi connectivity index (χ1n) is 8.38. The molecule has 1 aliphatic heterocycles. The van der Waals surface area contributed by atoms with Crippen molar-refractivity contribution in [3.05, 3.63) is 35.9 Å². The number of carbonyl (C=O) groups is 2. The van der Waals surface area contributed by atoms with Gasteiger partial charge in [0.15, 0.2) is 0 Å². The molecule has 8 heteroatoms. The van der Waals surface area contributed by atoms with Crippen LogP contribution >= 0.6 is 0 Å². The zero-order chi connectivity index (χ0) is 18.4. The average Bonchev–Trinajstić information content (AvgIpc) is 2.62. The van der Waals surface area contributed by atoms with Crippen LogP contribution in [0.3, 0.4) is 0 Å². The van der Waals surface area contributed by atoms with Gasteiger partial charge in [-0.25, -0.2) is 17.5 Å². The van der Waals surface area contributed by atoms with Gasteiger partial charge in [0, 0.05) is 19.5 Å². The number of carboxylic acid groups (broad SMARTS) is 1. The average molecular weight is 368 g/mol. The van der Waals surface area contributed by atoms with Gasteiger partial charge in [0.05, 0.1) is 11.7 Å². The molecule has 0 saturated carbocycles. The van der Waals surface area contributed by atoms with Gasteiger partial charge in [0.25, 0.3) is 0 Å². The predicted molar refractivity (Wildman–Crippen MR) is 93.5 cm³/mol. The molecule has 1 saturated heterocycles. The Bertz CT molecular complexity index is 705. The van der Waals surface area contributed by atoms with E-state index in [1.807, 2.05) is 18.2 Å². The molecule has 1 unspecified atom stereocenters. The van der Waals surface area contributed by atoms with Crippen LogP contribution in [0, 0.1) is 5.92 Å². The van der Waals surface area contributed by atoms with E-state index in [9.17, 15) is 23.1 Å². The zero-order valence-electron chi connectivity index (χ0n) is 14.2. The van der Waals surface area contributed by atoms with E-state index in [4.69, 9.17) is 0 Å². The summed E-state index contributed by atoms with van der Waals surface area (Å²) in [5.41, 5.74) is 0.814. The van der Waals surface area contributed by atoms with Gasteiger partial charge in [-0.15, -0.1) is 0 Å². The molecule has 0 aliphatic carbocycles. The highest BCUT2D eigenvalue weighted by Gasteiger charge is 2.33. The summed E-state index contributed by atoms with van der Waals surface area (Å²) >= 11 is 0. The highest BCUT2D eigenvalue weighted by Crippen LogP contribution is 2.20. The normalized spacial score (nSPS) is 20.0. The smallest absolute Gasteiger partial charge is 0.326 e. The lowest BCUT2D eigenvalue weighted by Gasteiger charge is -2.31. The Morgan fingerprint density at radius 2 is 2.00 bits per heavy atom. The van der Waals surface area contributed by atoms with Crippen molar-refractivity contribution in [3.8, 4) is 0 Å². The molecule has 1 amide bonds. The summed E-state index contributed by atoms with van der Waals surface area (Å²) in [5.74, 6) is -2.04. The summed E-state index contributed by atoms with van der Waals surface area (Å²) in [6, 6.07) is 8.03. The number of benzene rings is 1. The number of hydrogen-bond acceptors (Lipinski definition) is 4. The Morgan fingerprint density at radius 1 is 1.32 bits per heavy atom. The molecule has 1 aromatic carbocycles. The van der Waals surface area contributed by atoms with Crippen molar-refractivity contribution >= 4 is 21.9 Å². The standard InChI is InChI=1S/C17H24N2O5S/c1-2-25(23,24)19-10-6-9-14(12-19)16(20)18-15(17(21)22)11-13-7-4-3-5-8-13/h3-5,7-8,14-15H,2,6,9-12H2,1H3,(H,18,20)(H,21,22)/t14?,15-/m0/s1. The maximum atomic E-state index is 12.5. The maximum Gasteiger partial charge on any atom is 0.326 e. The Labute approximate surface area is 148 Å². The summed E-state index contributed by atoms with van der Waals surface area (Å²) in [6.07, 6.45) is 1.33. The molecule has 7 nitrogen and oxygen atoms in total. The van der Waals surface area contributed by atoms with Crippen molar-refractivity contribution < 1.29 is 23.1 Å². The molecule has 1 fully saturated rings. The quantitative estimate of drug-likeness (QED) is 0.743. The van der Waals surface area contributed by atoms with E-state index in [0.29, 0.717) is 19.4 Å². The van der Waals surface area contributed by atoms with Crippen LogP contribution < -0.4 is 5.32 Å². The van der Waals surface area contributed by atoms with Crippen LogP contribution in [0.15, 0.2) is 30.3 Å². The molecule has 1 heterocycles. The molecule has 2 N–H and O–H groups in total. The molecule has 1 aromatic rings. The van der Waals surface area contributed by atoms with E-state index < -0.39 is 33.9 Å². The number of hydrogen-bond donors (Lipinski definition) is 2. The fourth-order valence-electron chi connectivity index (χ4n) is 2.93. The molecule has 138 valence electrons. The second-order valence-corrected chi connectivity index (χ2v) is 8.44. The number of amides is 1. The van der Waals surface area contributed by atoms with Crippen LogP contribution in [0.4, 0.5) is 0 Å². The zero-order valence-corrected chi connectivity index (χ0v) is 15.0. The van der Waals surface area contributed by atoms with Crippen molar-refractivity contribution in [1.82, 2.24) is 9.62 Å². The number of carboxylic acids is 1. The van der Waals surface area contributed by atoms with Crippen LogP contribution in [-0.2, 0) is 26.0 Å². The first-order valence-corrected chi connectivity index (χ1v) is 9.99. The number of nitrogens with zero attached hydrogens (tertiary/aromatic N) is 1. The summed E-state index contributed by atoms with van der Waals surface area (Å²) in [7, 11) is -3.34. The van der Waals surface area contributed by atoms with E-state index in [1.54, 1.807) is 19.1 Å². The van der Waals surface area contributed by atoms with Crippen molar-refractivity contribution in [2.45, 2.75) is 32.2 Å².